The van der Waals surface area contributed by atoms with Crippen LogP contribution in [0.5, 0.6) is 0 Å². The van der Waals surface area contributed by atoms with Gasteiger partial charge in [0.25, 0.3) is 11.8 Å². The molecule has 0 saturated carbocycles. The van der Waals surface area contributed by atoms with E-state index in [9.17, 15) is 14.0 Å². The van der Waals surface area contributed by atoms with Crippen molar-refractivity contribution in [2.24, 2.45) is 5.10 Å². The van der Waals surface area contributed by atoms with E-state index in [4.69, 9.17) is 0 Å². The molecular weight excluding hydrogens is 309 g/mol. The van der Waals surface area contributed by atoms with E-state index in [0.29, 0.717) is 5.71 Å². The molecule has 24 heavy (non-hydrogen) atoms. The number of aryl methyl sites for hydroxylation is 1. The molecule has 0 aromatic heterocycles. The highest BCUT2D eigenvalue weighted by molar-refractivity contribution is 6.00. The highest BCUT2D eigenvalue weighted by Crippen LogP contribution is 2.06. The Bertz CT molecular complexity index is 770. The molecule has 0 fully saturated rings. The molecule has 6 heteroatoms. The molecule has 2 rings (SSSR count). The first-order valence-corrected chi connectivity index (χ1v) is 7.40. The summed E-state index contributed by atoms with van der Waals surface area (Å²) in [6, 6.07) is 13.3. The van der Waals surface area contributed by atoms with Crippen LogP contribution in [-0.4, -0.2) is 24.1 Å². The van der Waals surface area contributed by atoms with Gasteiger partial charge in [-0.3, -0.25) is 9.59 Å². The van der Waals surface area contributed by atoms with Gasteiger partial charge in [-0.1, -0.05) is 42.0 Å². The van der Waals surface area contributed by atoms with E-state index in [1.165, 1.54) is 18.2 Å². The van der Waals surface area contributed by atoms with Crippen LogP contribution in [0.1, 0.15) is 28.4 Å². The second-order valence-corrected chi connectivity index (χ2v) is 5.26. The first-order valence-electron chi connectivity index (χ1n) is 7.40. The van der Waals surface area contributed by atoms with E-state index in [-0.39, 0.29) is 12.1 Å². The predicted molar refractivity (Wildman–Crippen MR) is 90.3 cm³/mol. The fraction of sp³-hybridized carbons (Fsp3) is 0.167. The second-order valence-electron chi connectivity index (χ2n) is 5.26. The Morgan fingerprint density at radius 3 is 2.42 bits per heavy atom. The molecule has 0 spiro atoms. The van der Waals surface area contributed by atoms with Gasteiger partial charge in [0.1, 0.15) is 5.82 Å². The Hall–Kier alpha value is -3.02. The average Bonchev–Trinajstić information content (AvgIpc) is 2.58. The molecule has 0 saturated heterocycles. The SMILES string of the molecule is C/C(=N/NC(=O)CNC(=O)c1ccccc1F)c1ccc(C)cc1. The molecule has 0 bridgehead atoms. The number of amides is 2. The van der Waals surface area contributed by atoms with Crippen LogP contribution in [0.3, 0.4) is 0 Å². The van der Waals surface area contributed by atoms with Crippen molar-refractivity contribution in [1.82, 2.24) is 10.7 Å². The maximum absolute atomic E-state index is 13.5. The summed E-state index contributed by atoms with van der Waals surface area (Å²) in [6.07, 6.45) is 0. The standard InChI is InChI=1S/C18H18FN3O2/c1-12-7-9-14(10-8-12)13(2)21-22-17(23)11-20-18(24)15-5-3-4-6-16(15)19/h3-10H,11H2,1-2H3,(H,20,24)(H,22,23)/b21-13-. The molecule has 2 amide bonds. The number of nitrogens with one attached hydrogen (secondary N) is 2. The van der Waals surface area contributed by atoms with Crippen molar-refractivity contribution in [3.8, 4) is 0 Å². The number of carbonyl (C=O) groups is 2. The van der Waals surface area contributed by atoms with Crippen LogP contribution in [-0.2, 0) is 4.79 Å². The molecule has 0 unspecified atom stereocenters. The summed E-state index contributed by atoms with van der Waals surface area (Å²) in [5, 5.41) is 6.33. The molecular formula is C18H18FN3O2. The van der Waals surface area contributed by atoms with Crippen molar-refractivity contribution in [3.05, 3.63) is 71.0 Å². The summed E-state index contributed by atoms with van der Waals surface area (Å²) in [4.78, 5) is 23.5. The summed E-state index contributed by atoms with van der Waals surface area (Å²) in [6.45, 7) is 3.46. The van der Waals surface area contributed by atoms with Crippen molar-refractivity contribution in [2.45, 2.75) is 13.8 Å². The molecule has 0 radical (unpaired) electrons. The largest absolute Gasteiger partial charge is 0.343 e. The lowest BCUT2D eigenvalue weighted by Crippen LogP contribution is -2.35. The molecule has 0 aliphatic carbocycles. The third-order valence-corrected chi connectivity index (χ3v) is 3.35. The Labute approximate surface area is 139 Å². The fourth-order valence-corrected chi connectivity index (χ4v) is 1.95. The summed E-state index contributed by atoms with van der Waals surface area (Å²) in [7, 11) is 0. The minimum Gasteiger partial charge on any atom is -0.343 e. The third kappa shape index (κ3) is 4.74. The van der Waals surface area contributed by atoms with Crippen molar-refractivity contribution in [2.75, 3.05) is 6.54 Å². The quantitative estimate of drug-likeness (QED) is 0.654. The van der Waals surface area contributed by atoms with Crippen LogP contribution >= 0.6 is 0 Å². The van der Waals surface area contributed by atoms with Gasteiger partial charge in [0, 0.05) is 0 Å². The van der Waals surface area contributed by atoms with Gasteiger partial charge in [-0.2, -0.15) is 5.10 Å². The molecule has 0 aliphatic heterocycles. The zero-order valence-electron chi connectivity index (χ0n) is 13.5. The zero-order valence-corrected chi connectivity index (χ0v) is 13.5. The number of rotatable bonds is 5. The maximum Gasteiger partial charge on any atom is 0.259 e. The van der Waals surface area contributed by atoms with Gasteiger partial charge in [-0.05, 0) is 31.5 Å². The van der Waals surface area contributed by atoms with Crippen molar-refractivity contribution >= 4 is 17.5 Å². The topological polar surface area (TPSA) is 70.6 Å². The minimum atomic E-state index is -0.650. The second kappa shape index (κ2) is 8.01. The van der Waals surface area contributed by atoms with E-state index in [2.05, 4.69) is 15.8 Å². The van der Waals surface area contributed by atoms with Crippen LogP contribution < -0.4 is 10.7 Å². The Morgan fingerprint density at radius 2 is 1.75 bits per heavy atom. The van der Waals surface area contributed by atoms with Crippen LogP contribution in [0.2, 0.25) is 0 Å². The van der Waals surface area contributed by atoms with Gasteiger partial charge < -0.3 is 5.32 Å². The predicted octanol–water partition coefficient (Wildman–Crippen LogP) is 2.40. The molecule has 2 aromatic rings. The third-order valence-electron chi connectivity index (χ3n) is 3.35. The van der Waals surface area contributed by atoms with Gasteiger partial charge in [-0.25, -0.2) is 9.82 Å². The van der Waals surface area contributed by atoms with E-state index < -0.39 is 17.6 Å². The van der Waals surface area contributed by atoms with Gasteiger partial charge >= 0.3 is 0 Å². The molecule has 2 N–H and O–H groups in total. The highest BCUT2D eigenvalue weighted by Gasteiger charge is 2.11. The summed E-state index contributed by atoms with van der Waals surface area (Å²) >= 11 is 0. The number of benzene rings is 2. The molecule has 0 aliphatic rings. The number of hydrogen-bond acceptors (Lipinski definition) is 3. The fourth-order valence-electron chi connectivity index (χ4n) is 1.95. The minimum absolute atomic E-state index is 0.107. The van der Waals surface area contributed by atoms with Crippen LogP contribution in [0.4, 0.5) is 4.39 Å². The first kappa shape index (κ1) is 17.3. The zero-order chi connectivity index (χ0) is 17.5. The van der Waals surface area contributed by atoms with E-state index in [0.717, 1.165) is 11.1 Å². The van der Waals surface area contributed by atoms with Crippen LogP contribution in [0.25, 0.3) is 0 Å². The lowest BCUT2D eigenvalue weighted by molar-refractivity contribution is -0.120. The summed E-state index contributed by atoms with van der Waals surface area (Å²) < 4.78 is 13.5. The van der Waals surface area contributed by atoms with Gasteiger partial charge in [-0.15, -0.1) is 0 Å². The number of carbonyl (C=O) groups excluding carboxylic acids is 2. The van der Waals surface area contributed by atoms with E-state index in [1.807, 2.05) is 31.2 Å². The van der Waals surface area contributed by atoms with Crippen LogP contribution in [0.15, 0.2) is 53.6 Å². The van der Waals surface area contributed by atoms with E-state index >= 15 is 0 Å². The lowest BCUT2D eigenvalue weighted by Gasteiger charge is -2.06. The summed E-state index contributed by atoms with van der Waals surface area (Å²) in [5.41, 5.74) is 4.91. The maximum atomic E-state index is 13.5. The lowest BCUT2D eigenvalue weighted by atomic mass is 10.1. The van der Waals surface area contributed by atoms with Gasteiger partial charge in [0.2, 0.25) is 0 Å². The molecule has 0 heterocycles. The molecule has 5 nitrogen and oxygen atoms in total. The van der Waals surface area contributed by atoms with Gasteiger partial charge in [0.05, 0.1) is 17.8 Å². The number of halogens is 1. The number of nitrogens with zero attached hydrogens (tertiary/aromatic N) is 1. The molecule has 0 atom stereocenters. The van der Waals surface area contributed by atoms with Crippen LogP contribution in [0, 0.1) is 12.7 Å². The van der Waals surface area contributed by atoms with Crippen molar-refractivity contribution in [1.29, 1.82) is 0 Å². The highest BCUT2D eigenvalue weighted by atomic mass is 19.1. The van der Waals surface area contributed by atoms with Crippen molar-refractivity contribution in [3.63, 3.8) is 0 Å². The van der Waals surface area contributed by atoms with Crippen molar-refractivity contribution < 1.29 is 14.0 Å². The Kier molecular flexibility index (Phi) is 5.78. The Morgan fingerprint density at radius 1 is 1.08 bits per heavy atom. The first-order chi connectivity index (χ1) is 11.5. The monoisotopic (exact) mass is 327 g/mol. The number of hydrazone groups is 1. The van der Waals surface area contributed by atoms with Gasteiger partial charge in [0.15, 0.2) is 0 Å². The normalized spacial score (nSPS) is 11.0. The average molecular weight is 327 g/mol. The molecule has 124 valence electrons. The Balaban J connectivity index is 1.87. The molecule has 2 aromatic carbocycles. The smallest absolute Gasteiger partial charge is 0.259 e. The van der Waals surface area contributed by atoms with E-state index in [1.54, 1.807) is 13.0 Å². The summed E-state index contributed by atoms with van der Waals surface area (Å²) in [5.74, 6) is -1.78. The number of hydrogen-bond donors (Lipinski definition) is 2.